The molecule has 1 aromatic carbocycles. The van der Waals surface area contributed by atoms with Crippen LogP contribution in [0.25, 0.3) is 10.9 Å². The first-order valence-corrected chi connectivity index (χ1v) is 10.1. The second-order valence-corrected chi connectivity index (χ2v) is 8.04. The number of hydrogen-bond acceptors (Lipinski definition) is 4. The highest BCUT2D eigenvalue weighted by molar-refractivity contribution is 6.35. The summed E-state index contributed by atoms with van der Waals surface area (Å²) in [5.41, 5.74) is 6.11. The SMILES string of the molecule is NC(=O)C1(CNC(=O)C(=O)N2CCN(C(=O)c3cc4ccccc4[nH]3)CC2)CCC1. The van der Waals surface area contributed by atoms with E-state index in [4.69, 9.17) is 5.73 Å². The third-order valence-electron chi connectivity index (χ3n) is 6.23. The number of nitrogens with one attached hydrogen (secondary N) is 2. The molecule has 2 heterocycles. The molecule has 0 atom stereocenters. The Labute approximate surface area is 173 Å². The predicted octanol–water partition coefficient (Wildman–Crippen LogP) is 0.224. The van der Waals surface area contributed by atoms with Crippen molar-refractivity contribution in [3.63, 3.8) is 0 Å². The lowest BCUT2D eigenvalue weighted by Gasteiger charge is -2.39. The van der Waals surface area contributed by atoms with Crippen molar-refractivity contribution in [2.75, 3.05) is 32.7 Å². The zero-order valence-electron chi connectivity index (χ0n) is 16.6. The maximum Gasteiger partial charge on any atom is 0.312 e. The minimum Gasteiger partial charge on any atom is -0.369 e. The van der Waals surface area contributed by atoms with Gasteiger partial charge in [-0.2, -0.15) is 0 Å². The van der Waals surface area contributed by atoms with Crippen LogP contribution < -0.4 is 11.1 Å². The monoisotopic (exact) mass is 411 g/mol. The lowest BCUT2D eigenvalue weighted by atomic mass is 9.68. The highest BCUT2D eigenvalue weighted by atomic mass is 16.2. The number of rotatable bonds is 4. The Hall–Kier alpha value is -3.36. The van der Waals surface area contributed by atoms with Gasteiger partial charge in [-0.05, 0) is 25.0 Å². The van der Waals surface area contributed by atoms with Gasteiger partial charge in [-0.1, -0.05) is 24.6 Å². The molecule has 2 fully saturated rings. The van der Waals surface area contributed by atoms with E-state index in [-0.39, 0.29) is 25.5 Å². The van der Waals surface area contributed by atoms with E-state index in [2.05, 4.69) is 10.3 Å². The standard InChI is InChI=1S/C21H25N5O4/c22-20(30)21(6-3-7-21)13-23-17(27)19(29)26-10-8-25(9-11-26)18(28)16-12-14-4-1-2-5-15(14)24-16/h1-2,4-5,12,24H,3,6-11,13H2,(H2,22,30)(H,23,27). The molecule has 0 bridgehead atoms. The number of amides is 4. The maximum absolute atomic E-state index is 12.8. The Kier molecular flexibility index (Phi) is 5.19. The van der Waals surface area contributed by atoms with Crippen molar-refractivity contribution in [2.24, 2.45) is 11.1 Å². The van der Waals surface area contributed by atoms with Crippen molar-refractivity contribution < 1.29 is 19.2 Å². The first kappa shape index (κ1) is 19.9. The number of nitrogens with two attached hydrogens (primary N) is 1. The molecule has 1 saturated carbocycles. The molecule has 4 N–H and O–H groups in total. The summed E-state index contributed by atoms with van der Waals surface area (Å²) in [4.78, 5) is 55.3. The Morgan fingerprint density at radius 2 is 1.70 bits per heavy atom. The third-order valence-corrected chi connectivity index (χ3v) is 6.23. The summed E-state index contributed by atoms with van der Waals surface area (Å²) in [5.74, 6) is -1.95. The van der Waals surface area contributed by atoms with E-state index in [0.717, 1.165) is 17.3 Å². The average molecular weight is 411 g/mol. The van der Waals surface area contributed by atoms with Gasteiger partial charge in [0.05, 0.1) is 5.41 Å². The average Bonchev–Trinajstić information content (AvgIpc) is 3.16. The van der Waals surface area contributed by atoms with Crippen LogP contribution in [0, 0.1) is 5.41 Å². The quantitative estimate of drug-likeness (QED) is 0.622. The van der Waals surface area contributed by atoms with Gasteiger partial charge in [0.2, 0.25) is 5.91 Å². The Morgan fingerprint density at radius 1 is 1.03 bits per heavy atom. The predicted molar refractivity (Wildman–Crippen MR) is 109 cm³/mol. The van der Waals surface area contributed by atoms with Crippen molar-refractivity contribution in [1.29, 1.82) is 0 Å². The molecule has 1 saturated heterocycles. The van der Waals surface area contributed by atoms with Crippen molar-refractivity contribution in [3.05, 3.63) is 36.0 Å². The summed E-state index contributed by atoms with van der Waals surface area (Å²) in [6, 6.07) is 9.48. The molecule has 30 heavy (non-hydrogen) atoms. The number of carbonyl (C=O) groups excluding carboxylic acids is 4. The number of fused-ring (bicyclic) bond motifs is 1. The van der Waals surface area contributed by atoms with Crippen LogP contribution in [-0.4, -0.2) is 71.1 Å². The van der Waals surface area contributed by atoms with Crippen LogP contribution in [0.4, 0.5) is 0 Å². The molecule has 1 aliphatic carbocycles. The van der Waals surface area contributed by atoms with Crippen molar-refractivity contribution in [3.8, 4) is 0 Å². The number of hydrogen-bond donors (Lipinski definition) is 3. The Balaban J connectivity index is 1.30. The number of carbonyl (C=O) groups is 4. The largest absolute Gasteiger partial charge is 0.369 e. The highest BCUT2D eigenvalue weighted by Gasteiger charge is 2.43. The van der Waals surface area contributed by atoms with E-state index in [9.17, 15) is 19.2 Å². The Bertz CT molecular complexity index is 969. The van der Waals surface area contributed by atoms with Gasteiger partial charge in [0.15, 0.2) is 0 Å². The molecule has 0 unspecified atom stereocenters. The van der Waals surface area contributed by atoms with Crippen molar-refractivity contribution >= 4 is 34.5 Å². The Morgan fingerprint density at radius 3 is 2.30 bits per heavy atom. The third kappa shape index (κ3) is 3.62. The van der Waals surface area contributed by atoms with Gasteiger partial charge in [0, 0.05) is 43.6 Å². The smallest absolute Gasteiger partial charge is 0.312 e. The fourth-order valence-corrected chi connectivity index (χ4v) is 4.05. The normalized spacial score (nSPS) is 18.0. The molecule has 0 spiro atoms. The van der Waals surface area contributed by atoms with Crippen LogP contribution in [0.2, 0.25) is 0 Å². The molecule has 1 aromatic heterocycles. The van der Waals surface area contributed by atoms with Gasteiger partial charge in [0.1, 0.15) is 5.69 Å². The highest BCUT2D eigenvalue weighted by Crippen LogP contribution is 2.39. The van der Waals surface area contributed by atoms with Gasteiger partial charge in [-0.25, -0.2) is 0 Å². The number of para-hydroxylation sites is 1. The summed E-state index contributed by atoms with van der Waals surface area (Å²) in [5, 5.41) is 3.53. The number of nitrogens with zero attached hydrogens (tertiary/aromatic N) is 2. The van der Waals surface area contributed by atoms with Crippen molar-refractivity contribution in [1.82, 2.24) is 20.1 Å². The second-order valence-electron chi connectivity index (χ2n) is 8.04. The van der Waals surface area contributed by atoms with Crippen LogP contribution in [0.1, 0.15) is 29.8 Å². The second kappa shape index (κ2) is 7.81. The van der Waals surface area contributed by atoms with Crippen molar-refractivity contribution in [2.45, 2.75) is 19.3 Å². The fraction of sp³-hybridized carbons (Fsp3) is 0.429. The molecular formula is C21H25N5O4. The lowest BCUT2D eigenvalue weighted by Crippen LogP contribution is -2.56. The van der Waals surface area contributed by atoms with E-state index < -0.39 is 23.1 Å². The fourth-order valence-electron chi connectivity index (χ4n) is 4.05. The molecular weight excluding hydrogens is 386 g/mol. The minimum absolute atomic E-state index is 0.0890. The van der Waals surface area contributed by atoms with Gasteiger partial charge in [0.25, 0.3) is 5.91 Å². The number of benzene rings is 1. The first-order valence-electron chi connectivity index (χ1n) is 10.1. The molecule has 2 aliphatic rings. The number of primary amides is 1. The van der Waals surface area contributed by atoms with Crippen LogP contribution in [0.3, 0.4) is 0 Å². The summed E-state index contributed by atoms with van der Waals surface area (Å²) < 4.78 is 0. The van der Waals surface area contributed by atoms with E-state index in [1.807, 2.05) is 30.3 Å². The number of piperazine rings is 1. The summed E-state index contributed by atoms with van der Waals surface area (Å²) in [6.07, 6.45) is 2.15. The van der Waals surface area contributed by atoms with E-state index in [1.165, 1.54) is 4.90 Å². The number of aromatic amines is 1. The van der Waals surface area contributed by atoms with Gasteiger partial charge in [-0.3, -0.25) is 19.2 Å². The topological polar surface area (TPSA) is 129 Å². The molecule has 158 valence electrons. The van der Waals surface area contributed by atoms with Crippen LogP contribution >= 0.6 is 0 Å². The van der Waals surface area contributed by atoms with Gasteiger partial charge in [-0.15, -0.1) is 0 Å². The molecule has 9 nitrogen and oxygen atoms in total. The van der Waals surface area contributed by atoms with E-state index in [1.54, 1.807) is 4.90 Å². The summed E-state index contributed by atoms with van der Waals surface area (Å²) in [6.45, 7) is 1.33. The molecule has 4 rings (SSSR count). The number of H-pyrrole nitrogens is 1. The van der Waals surface area contributed by atoms with Crippen LogP contribution in [0.5, 0.6) is 0 Å². The van der Waals surface area contributed by atoms with Crippen LogP contribution in [-0.2, 0) is 14.4 Å². The van der Waals surface area contributed by atoms with E-state index in [0.29, 0.717) is 31.6 Å². The van der Waals surface area contributed by atoms with Gasteiger partial charge < -0.3 is 25.8 Å². The first-order chi connectivity index (χ1) is 14.4. The zero-order chi connectivity index (χ0) is 21.3. The number of aromatic nitrogens is 1. The maximum atomic E-state index is 12.8. The van der Waals surface area contributed by atoms with Crippen LogP contribution in [0.15, 0.2) is 30.3 Å². The molecule has 0 radical (unpaired) electrons. The minimum atomic E-state index is -0.738. The van der Waals surface area contributed by atoms with E-state index >= 15 is 0 Å². The zero-order valence-corrected chi connectivity index (χ0v) is 16.6. The van der Waals surface area contributed by atoms with Gasteiger partial charge >= 0.3 is 11.8 Å². The lowest BCUT2D eigenvalue weighted by molar-refractivity contribution is -0.147. The molecule has 4 amide bonds. The summed E-state index contributed by atoms with van der Waals surface area (Å²) >= 11 is 0. The molecule has 9 heteroatoms. The molecule has 2 aromatic rings. The summed E-state index contributed by atoms with van der Waals surface area (Å²) in [7, 11) is 0. The molecule has 1 aliphatic heterocycles.